The molecule has 0 radical (unpaired) electrons. The zero-order chi connectivity index (χ0) is 13.0. The van der Waals surface area contributed by atoms with Crippen molar-refractivity contribution in [2.45, 2.75) is 23.1 Å². The van der Waals surface area contributed by atoms with Crippen molar-refractivity contribution in [2.75, 3.05) is 5.73 Å². The zero-order valence-electron chi connectivity index (χ0n) is 10.2. The van der Waals surface area contributed by atoms with Gasteiger partial charge in [0.2, 0.25) is 0 Å². The maximum Gasteiger partial charge on any atom is 0.0994 e. The van der Waals surface area contributed by atoms with E-state index in [1.165, 1.54) is 0 Å². The number of aryl methyl sites for hydroxylation is 1. The SMILES string of the molecule is CCc1cc(Sc2ccc(N)cc2)ccc1C#N. The van der Waals surface area contributed by atoms with Crippen LogP contribution in [-0.2, 0) is 6.42 Å². The molecular weight excluding hydrogens is 240 g/mol. The largest absolute Gasteiger partial charge is 0.399 e. The molecule has 0 aliphatic heterocycles. The summed E-state index contributed by atoms with van der Waals surface area (Å²) in [5.41, 5.74) is 8.29. The molecule has 0 saturated carbocycles. The van der Waals surface area contributed by atoms with Gasteiger partial charge in [0.25, 0.3) is 0 Å². The van der Waals surface area contributed by atoms with E-state index in [1.54, 1.807) is 11.8 Å². The lowest BCUT2D eigenvalue weighted by atomic mass is 10.1. The molecule has 90 valence electrons. The van der Waals surface area contributed by atoms with Gasteiger partial charge in [-0.05, 0) is 54.4 Å². The third-order valence-electron chi connectivity index (χ3n) is 2.69. The number of rotatable bonds is 3. The van der Waals surface area contributed by atoms with E-state index in [-0.39, 0.29) is 0 Å². The molecule has 0 fully saturated rings. The molecule has 0 atom stereocenters. The summed E-state index contributed by atoms with van der Waals surface area (Å²) in [6.45, 7) is 2.06. The summed E-state index contributed by atoms with van der Waals surface area (Å²) in [4.78, 5) is 2.30. The number of nitrogen functional groups attached to an aromatic ring is 1. The van der Waals surface area contributed by atoms with Gasteiger partial charge in [-0.1, -0.05) is 18.7 Å². The third kappa shape index (κ3) is 2.85. The second-order valence-electron chi connectivity index (χ2n) is 3.96. The number of benzene rings is 2. The van der Waals surface area contributed by atoms with Gasteiger partial charge in [-0.25, -0.2) is 0 Å². The Morgan fingerprint density at radius 1 is 1.11 bits per heavy atom. The molecule has 2 aromatic rings. The number of nitriles is 1. The molecule has 0 heterocycles. The first-order valence-corrected chi connectivity index (χ1v) is 6.61. The van der Waals surface area contributed by atoms with Crippen LogP contribution in [0.4, 0.5) is 5.69 Å². The minimum Gasteiger partial charge on any atom is -0.399 e. The van der Waals surface area contributed by atoms with Crippen molar-refractivity contribution in [2.24, 2.45) is 0 Å². The zero-order valence-corrected chi connectivity index (χ0v) is 11.0. The van der Waals surface area contributed by atoms with Crippen LogP contribution >= 0.6 is 11.8 Å². The minimum atomic E-state index is 0.763. The Bertz CT molecular complexity index is 582. The average molecular weight is 254 g/mol. The van der Waals surface area contributed by atoms with Crippen LogP contribution in [0, 0.1) is 11.3 Å². The summed E-state index contributed by atoms with van der Waals surface area (Å²) < 4.78 is 0. The third-order valence-corrected chi connectivity index (χ3v) is 3.69. The van der Waals surface area contributed by atoms with Crippen LogP contribution in [0.2, 0.25) is 0 Å². The molecule has 0 aromatic heterocycles. The quantitative estimate of drug-likeness (QED) is 0.846. The highest BCUT2D eigenvalue weighted by molar-refractivity contribution is 7.99. The molecule has 0 aliphatic carbocycles. The first-order chi connectivity index (χ1) is 8.72. The van der Waals surface area contributed by atoms with E-state index in [1.807, 2.05) is 36.4 Å². The fraction of sp³-hybridized carbons (Fsp3) is 0.133. The van der Waals surface area contributed by atoms with E-state index in [0.29, 0.717) is 0 Å². The molecule has 2 aromatic carbocycles. The van der Waals surface area contributed by atoms with Crippen LogP contribution in [0.15, 0.2) is 52.3 Å². The van der Waals surface area contributed by atoms with Crippen LogP contribution < -0.4 is 5.73 Å². The van der Waals surface area contributed by atoms with Crippen molar-refractivity contribution >= 4 is 17.4 Å². The van der Waals surface area contributed by atoms with Crippen molar-refractivity contribution in [3.8, 4) is 6.07 Å². The lowest BCUT2D eigenvalue weighted by Gasteiger charge is -2.06. The van der Waals surface area contributed by atoms with Gasteiger partial charge >= 0.3 is 0 Å². The van der Waals surface area contributed by atoms with Crippen LogP contribution in [0.5, 0.6) is 0 Å². The second-order valence-corrected chi connectivity index (χ2v) is 5.10. The van der Waals surface area contributed by atoms with Gasteiger partial charge < -0.3 is 5.73 Å². The fourth-order valence-corrected chi connectivity index (χ4v) is 2.59. The van der Waals surface area contributed by atoms with E-state index >= 15 is 0 Å². The van der Waals surface area contributed by atoms with Gasteiger partial charge in [0.1, 0.15) is 0 Å². The Balaban J connectivity index is 2.25. The summed E-state index contributed by atoms with van der Waals surface area (Å²) in [5.74, 6) is 0. The standard InChI is InChI=1S/C15H14N2S/c1-2-11-9-15(6-3-12(11)10-16)18-14-7-4-13(17)5-8-14/h3-9H,2,17H2,1H3. The molecule has 2 nitrogen and oxygen atoms in total. The Labute approximate surface area is 111 Å². The van der Waals surface area contributed by atoms with Gasteiger partial charge in [-0.2, -0.15) is 5.26 Å². The Morgan fingerprint density at radius 3 is 2.39 bits per heavy atom. The van der Waals surface area contributed by atoms with Crippen LogP contribution in [0.3, 0.4) is 0 Å². The summed E-state index contributed by atoms with van der Waals surface area (Å²) in [5, 5.41) is 8.99. The normalized spacial score (nSPS) is 10.0. The number of anilines is 1. The molecule has 0 unspecified atom stereocenters. The van der Waals surface area contributed by atoms with Crippen molar-refractivity contribution in [3.63, 3.8) is 0 Å². The van der Waals surface area contributed by atoms with Crippen molar-refractivity contribution in [1.82, 2.24) is 0 Å². The molecule has 3 heteroatoms. The van der Waals surface area contributed by atoms with E-state index in [9.17, 15) is 0 Å². The number of nitrogens with two attached hydrogens (primary N) is 1. The molecule has 0 spiro atoms. The van der Waals surface area contributed by atoms with E-state index in [4.69, 9.17) is 11.0 Å². The lowest BCUT2D eigenvalue weighted by molar-refractivity contribution is 1.11. The van der Waals surface area contributed by atoms with E-state index in [0.717, 1.165) is 33.0 Å². The monoisotopic (exact) mass is 254 g/mol. The topological polar surface area (TPSA) is 49.8 Å². The number of hydrogen-bond donors (Lipinski definition) is 1. The Morgan fingerprint density at radius 2 is 1.78 bits per heavy atom. The predicted molar refractivity (Wildman–Crippen MR) is 75.5 cm³/mol. The molecular formula is C15H14N2S. The fourth-order valence-electron chi connectivity index (χ4n) is 1.71. The number of hydrogen-bond acceptors (Lipinski definition) is 3. The van der Waals surface area contributed by atoms with Crippen molar-refractivity contribution < 1.29 is 0 Å². The van der Waals surface area contributed by atoms with Crippen molar-refractivity contribution in [3.05, 3.63) is 53.6 Å². The maximum absolute atomic E-state index is 8.99. The molecule has 0 amide bonds. The highest BCUT2D eigenvalue weighted by atomic mass is 32.2. The van der Waals surface area contributed by atoms with Crippen LogP contribution in [-0.4, -0.2) is 0 Å². The summed E-state index contributed by atoms with van der Waals surface area (Å²) >= 11 is 1.68. The molecule has 0 aliphatic rings. The molecule has 2 N–H and O–H groups in total. The maximum atomic E-state index is 8.99. The molecule has 2 rings (SSSR count). The van der Waals surface area contributed by atoms with E-state index in [2.05, 4.69) is 19.1 Å². The van der Waals surface area contributed by atoms with Crippen molar-refractivity contribution in [1.29, 1.82) is 5.26 Å². The van der Waals surface area contributed by atoms with E-state index < -0.39 is 0 Å². The predicted octanol–water partition coefficient (Wildman–Crippen LogP) is 3.85. The average Bonchev–Trinajstić information content (AvgIpc) is 2.41. The first kappa shape index (κ1) is 12.5. The summed E-state index contributed by atoms with van der Waals surface area (Å²) in [7, 11) is 0. The first-order valence-electron chi connectivity index (χ1n) is 5.79. The van der Waals surface area contributed by atoms with Gasteiger partial charge in [0.05, 0.1) is 11.6 Å². The van der Waals surface area contributed by atoms with Gasteiger partial charge in [0.15, 0.2) is 0 Å². The lowest BCUT2D eigenvalue weighted by Crippen LogP contribution is -1.88. The molecule has 0 bridgehead atoms. The molecule has 18 heavy (non-hydrogen) atoms. The Hall–Kier alpha value is -1.92. The molecule has 0 saturated heterocycles. The highest BCUT2D eigenvalue weighted by Crippen LogP contribution is 2.29. The van der Waals surface area contributed by atoms with Gasteiger partial charge in [0, 0.05) is 15.5 Å². The summed E-state index contributed by atoms with van der Waals surface area (Å²) in [6.07, 6.45) is 0.874. The van der Waals surface area contributed by atoms with Crippen LogP contribution in [0.25, 0.3) is 0 Å². The minimum absolute atomic E-state index is 0.763. The number of nitrogens with zero attached hydrogens (tertiary/aromatic N) is 1. The Kier molecular flexibility index (Phi) is 3.91. The van der Waals surface area contributed by atoms with Gasteiger partial charge in [-0.15, -0.1) is 0 Å². The van der Waals surface area contributed by atoms with Gasteiger partial charge in [-0.3, -0.25) is 0 Å². The second kappa shape index (κ2) is 5.61. The smallest absolute Gasteiger partial charge is 0.0994 e. The van der Waals surface area contributed by atoms with Crippen LogP contribution in [0.1, 0.15) is 18.1 Å². The summed E-state index contributed by atoms with van der Waals surface area (Å²) in [6, 6.07) is 16.0. The highest BCUT2D eigenvalue weighted by Gasteiger charge is 2.03.